The molecule has 0 aliphatic carbocycles. The molecule has 1 heterocycles. The number of tetrazole rings is 1. The van der Waals surface area contributed by atoms with E-state index in [-0.39, 0.29) is 5.82 Å². The van der Waals surface area contributed by atoms with Crippen LogP contribution in [0.4, 0.5) is 14.5 Å². The van der Waals surface area contributed by atoms with Crippen molar-refractivity contribution in [3.8, 4) is 17.1 Å². The van der Waals surface area contributed by atoms with Crippen LogP contribution in [0.1, 0.15) is 5.56 Å². The standard InChI is InChI=1S/C14H11F2N5/c1-8-4-10(16)6-11(5-8)21-14(18-19-20-21)12-7-9(15)2-3-13(12)17/h2-7H,17H2,1H3. The Balaban J connectivity index is 2.19. The molecule has 0 aliphatic rings. The van der Waals surface area contributed by atoms with Gasteiger partial charge in [-0.15, -0.1) is 5.10 Å². The summed E-state index contributed by atoms with van der Waals surface area (Å²) in [5, 5.41) is 11.3. The van der Waals surface area contributed by atoms with Crippen molar-refractivity contribution in [3.63, 3.8) is 0 Å². The third-order valence-electron chi connectivity index (χ3n) is 3.00. The number of aromatic nitrogens is 4. The fourth-order valence-corrected chi connectivity index (χ4v) is 2.09. The van der Waals surface area contributed by atoms with Crippen LogP contribution in [-0.2, 0) is 0 Å². The zero-order valence-electron chi connectivity index (χ0n) is 11.1. The molecule has 0 bridgehead atoms. The van der Waals surface area contributed by atoms with Crippen LogP contribution in [0.5, 0.6) is 0 Å². The number of hydrogen-bond acceptors (Lipinski definition) is 4. The summed E-state index contributed by atoms with van der Waals surface area (Å²) in [6.45, 7) is 1.76. The molecule has 0 fully saturated rings. The van der Waals surface area contributed by atoms with Gasteiger partial charge in [-0.2, -0.15) is 4.68 Å². The lowest BCUT2D eigenvalue weighted by Crippen LogP contribution is -2.03. The number of anilines is 1. The zero-order chi connectivity index (χ0) is 15.0. The van der Waals surface area contributed by atoms with E-state index in [1.807, 2.05) is 0 Å². The first-order valence-electron chi connectivity index (χ1n) is 6.16. The highest BCUT2D eigenvalue weighted by molar-refractivity contribution is 5.72. The summed E-state index contributed by atoms with van der Waals surface area (Å²) in [6.07, 6.45) is 0. The van der Waals surface area contributed by atoms with E-state index in [1.165, 1.54) is 35.0 Å². The lowest BCUT2D eigenvalue weighted by molar-refractivity contribution is 0.623. The Morgan fingerprint density at radius 2 is 1.86 bits per heavy atom. The quantitative estimate of drug-likeness (QED) is 0.735. The molecule has 0 unspecified atom stereocenters. The third-order valence-corrected chi connectivity index (χ3v) is 3.00. The molecule has 106 valence electrons. The Morgan fingerprint density at radius 1 is 1.05 bits per heavy atom. The maximum Gasteiger partial charge on any atom is 0.189 e. The van der Waals surface area contributed by atoms with E-state index in [0.717, 1.165) is 5.56 Å². The predicted octanol–water partition coefficient (Wildman–Crippen LogP) is 2.50. The van der Waals surface area contributed by atoms with E-state index in [2.05, 4.69) is 15.5 Å². The fourth-order valence-electron chi connectivity index (χ4n) is 2.09. The minimum absolute atomic E-state index is 0.247. The van der Waals surface area contributed by atoms with Crippen molar-refractivity contribution < 1.29 is 8.78 Å². The topological polar surface area (TPSA) is 69.6 Å². The summed E-state index contributed by atoms with van der Waals surface area (Å²) in [4.78, 5) is 0. The Hall–Kier alpha value is -2.83. The van der Waals surface area contributed by atoms with Crippen molar-refractivity contribution in [2.24, 2.45) is 0 Å². The second-order valence-corrected chi connectivity index (χ2v) is 4.63. The van der Waals surface area contributed by atoms with Crippen LogP contribution in [0, 0.1) is 18.6 Å². The maximum absolute atomic E-state index is 13.5. The van der Waals surface area contributed by atoms with Gasteiger partial charge in [0.15, 0.2) is 5.82 Å². The maximum atomic E-state index is 13.5. The van der Waals surface area contributed by atoms with Gasteiger partial charge in [0.05, 0.1) is 5.69 Å². The highest BCUT2D eigenvalue weighted by Crippen LogP contribution is 2.26. The van der Waals surface area contributed by atoms with Crippen LogP contribution in [0.2, 0.25) is 0 Å². The van der Waals surface area contributed by atoms with Gasteiger partial charge in [-0.05, 0) is 59.3 Å². The molecule has 0 atom stereocenters. The lowest BCUT2D eigenvalue weighted by atomic mass is 10.1. The fraction of sp³-hybridized carbons (Fsp3) is 0.0714. The molecule has 0 spiro atoms. The van der Waals surface area contributed by atoms with E-state index in [9.17, 15) is 8.78 Å². The first-order chi connectivity index (χ1) is 10.0. The van der Waals surface area contributed by atoms with Crippen molar-refractivity contribution in [2.45, 2.75) is 6.92 Å². The summed E-state index contributed by atoms with van der Waals surface area (Å²) in [6, 6.07) is 8.33. The molecule has 0 aliphatic heterocycles. The molecule has 21 heavy (non-hydrogen) atoms. The van der Waals surface area contributed by atoms with E-state index < -0.39 is 11.6 Å². The molecule has 5 nitrogen and oxygen atoms in total. The summed E-state index contributed by atoms with van der Waals surface area (Å²) >= 11 is 0. The molecule has 0 saturated heterocycles. The molecular weight excluding hydrogens is 276 g/mol. The normalized spacial score (nSPS) is 10.8. The van der Waals surface area contributed by atoms with Crippen LogP contribution in [0.25, 0.3) is 17.1 Å². The van der Waals surface area contributed by atoms with Gasteiger partial charge in [0.1, 0.15) is 11.6 Å². The van der Waals surface area contributed by atoms with Gasteiger partial charge < -0.3 is 5.73 Å². The molecule has 3 rings (SSSR count). The third kappa shape index (κ3) is 2.45. The van der Waals surface area contributed by atoms with Gasteiger partial charge in [0, 0.05) is 11.3 Å². The minimum atomic E-state index is -0.454. The van der Waals surface area contributed by atoms with Crippen molar-refractivity contribution in [1.29, 1.82) is 0 Å². The molecule has 1 aromatic heterocycles. The molecule has 2 aromatic carbocycles. The minimum Gasteiger partial charge on any atom is -0.398 e. The van der Waals surface area contributed by atoms with Gasteiger partial charge >= 0.3 is 0 Å². The van der Waals surface area contributed by atoms with Crippen LogP contribution in [0.3, 0.4) is 0 Å². The molecule has 0 radical (unpaired) electrons. The van der Waals surface area contributed by atoms with E-state index >= 15 is 0 Å². The van der Waals surface area contributed by atoms with Crippen LogP contribution < -0.4 is 5.73 Å². The van der Waals surface area contributed by atoms with Gasteiger partial charge in [0.2, 0.25) is 0 Å². The Labute approximate surface area is 119 Å². The highest BCUT2D eigenvalue weighted by atomic mass is 19.1. The summed E-state index contributed by atoms with van der Waals surface area (Å²) in [7, 11) is 0. The average Bonchev–Trinajstić information content (AvgIpc) is 2.89. The van der Waals surface area contributed by atoms with Gasteiger partial charge in [0.25, 0.3) is 0 Å². The average molecular weight is 287 g/mol. The summed E-state index contributed by atoms with van der Waals surface area (Å²) in [5.41, 5.74) is 7.68. The Bertz CT molecular complexity index is 793. The number of benzene rings is 2. The smallest absolute Gasteiger partial charge is 0.189 e. The number of aryl methyl sites for hydroxylation is 1. The SMILES string of the molecule is Cc1cc(F)cc(-n2nnnc2-c2cc(F)ccc2N)c1. The van der Waals surface area contributed by atoms with Crippen molar-refractivity contribution in [2.75, 3.05) is 5.73 Å². The number of hydrogen-bond donors (Lipinski definition) is 1. The first-order valence-corrected chi connectivity index (χ1v) is 6.16. The monoisotopic (exact) mass is 287 g/mol. The molecular formula is C14H11F2N5. The second-order valence-electron chi connectivity index (χ2n) is 4.63. The Kier molecular flexibility index (Phi) is 3.09. The van der Waals surface area contributed by atoms with Crippen molar-refractivity contribution >= 4 is 5.69 Å². The first kappa shape index (κ1) is 13.2. The molecule has 2 N–H and O–H groups in total. The van der Waals surface area contributed by atoms with Gasteiger partial charge in [-0.3, -0.25) is 0 Å². The number of nitrogen functional groups attached to an aromatic ring is 1. The van der Waals surface area contributed by atoms with Crippen molar-refractivity contribution in [1.82, 2.24) is 20.2 Å². The van der Waals surface area contributed by atoms with Crippen LogP contribution in [0.15, 0.2) is 36.4 Å². The van der Waals surface area contributed by atoms with E-state index in [4.69, 9.17) is 5.73 Å². The second kappa shape index (κ2) is 4.93. The number of rotatable bonds is 2. The van der Waals surface area contributed by atoms with E-state index in [0.29, 0.717) is 16.9 Å². The molecule has 0 saturated carbocycles. The Morgan fingerprint density at radius 3 is 2.62 bits per heavy atom. The van der Waals surface area contributed by atoms with Gasteiger partial charge in [-0.25, -0.2) is 8.78 Å². The van der Waals surface area contributed by atoms with Gasteiger partial charge in [-0.1, -0.05) is 0 Å². The largest absolute Gasteiger partial charge is 0.398 e. The highest BCUT2D eigenvalue weighted by Gasteiger charge is 2.15. The van der Waals surface area contributed by atoms with E-state index in [1.54, 1.807) is 13.0 Å². The molecule has 7 heteroatoms. The van der Waals surface area contributed by atoms with Crippen LogP contribution in [-0.4, -0.2) is 20.2 Å². The number of nitrogens with two attached hydrogens (primary N) is 1. The predicted molar refractivity (Wildman–Crippen MR) is 73.7 cm³/mol. The number of halogens is 2. The lowest BCUT2D eigenvalue weighted by Gasteiger charge is -2.08. The van der Waals surface area contributed by atoms with Crippen LogP contribution >= 0.6 is 0 Å². The summed E-state index contributed by atoms with van der Waals surface area (Å²) in [5.74, 6) is -0.611. The number of nitrogens with zero attached hydrogens (tertiary/aromatic N) is 4. The van der Waals surface area contributed by atoms with Crippen molar-refractivity contribution in [3.05, 3.63) is 53.6 Å². The molecule has 0 amide bonds. The summed E-state index contributed by atoms with van der Waals surface area (Å²) < 4.78 is 28.3. The molecule has 3 aromatic rings. The zero-order valence-corrected chi connectivity index (χ0v) is 11.1.